The van der Waals surface area contributed by atoms with E-state index in [0.717, 1.165) is 44.9 Å². The van der Waals surface area contributed by atoms with Crippen LogP contribution < -0.4 is 4.74 Å². The Morgan fingerprint density at radius 3 is 2.07 bits per heavy atom. The first-order valence-electron chi connectivity index (χ1n) is 10.6. The number of hydrogen-bond donors (Lipinski definition) is 2. The lowest BCUT2D eigenvalue weighted by Crippen LogP contribution is -2.49. The number of rotatable bonds is 9. The molecule has 2 rings (SSSR count). The van der Waals surface area contributed by atoms with Crippen molar-refractivity contribution in [2.45, 2.75) is 52.6 Å². The van der Waals surface area contributed by atoms with Gasteiger partial charge in [0.1, 0.15) is 18.5 Å². The van der Waals surface area contributed by atoms with Gasteiger partial charge in [-0.1, -0.05) is 46.8 Å². The maximum absolute atomic E-state index is 10.3. The summed E-state index contributed by atoms with van der Waals surface area (Å²) in [5.41, 5.74) is 1.72. The zero-order valence-corrected chi connectivity index (χ0v) is 18.4. The Morgan fingerprint density at radius 2 is 1.54 bits per heavy atom. The van der Waals surface area contributed by atoms with Gasteiger partial charge < -0.3 is 14.9 Å². The summed E-state index contributed by atoms with van der Waals surface area (Å²) >= 11 is 0. The van der Waals surface area contributed by atoms with Gasteiger partial charge >= 0.3 is 0 Å². The number of hydrogen-bond acceptors (Lipinski definition) is 5. The van der Waals surface area contributed by atoms with Crippen LogP contribution in [0.15, 0.2) is 24.3 Å². The van der Waals surface area contributed by atoms with Crippen molar-refractivity contribution in [2.24, 2.45) is 5.41 Å². The molecule has 0 spiro atoms. The summed E-state index contributed by atoms with van der Waals surface area (Å²) in [6.07, 6.45) is 0.617. The van der Waals surface area contributed by atoms with Crippen LogP contribution in [0.5, 0.6) is 5.75 Å². The topological polar surface area (TPSA) is 56.2 Å². The van der Waals surface area contributed by atoms with Gasteiger partial charge in [0.2, 0.25) is 0 Å². The number of β-amino-alcohol motifs (C(OH)–C–C–N with tert-alkyl or cyclic N) is 2. The van der Waals surface area contributed by atoms with Crippen LogP contribution >= 0.6 is 0 Å². The van der Waals surface area contributed by atoms with Gasteiger partial charge in [-0.25, -0.2) is 0 Å². The molecule has 1 heterocycles. The standard InChI is InChI=1S/C23H40N2O3/c1-22(2,3)18-23(4,5)19-6-8-21(9-7-19)28-17-20(27)16-25-12-10-24(11-13-25)14-15-26/h6-9,20,26-27H,10-18H2,1-5H3/t20-/m0/s1. The van der Waals surface area contributed by atoms with Crippen molar-refractivity contribution in [2.75, 3.05) is 52.5 Å². The lowest BCUT2D eigenvalue weighted by molar-refractivity contribution is 0.0428. The van der Waals surface area contributed by atoms with Gasteiger partial charge in [0.05, 0.1) is 6.61 Å². The molecule has 1 aromatic rings. The average Bonchev–Trinajstić information content (AvgIpc) is 2.60. The fourth-order valence-electron chi connectivity index (χ4n) is 4.31. The van der Waals surface area contributed by atoms with Gasteiger partial charge in [-0.3, -0.25) is 9.80 Å². The van der Waals surface area contributed by atoms with Gasteiger partial charge in [0.15, 0.2) is 0 Å². The molecular weight excluding hydrogens is 352 g/mol. The minimum absolute atomic E-state index is 0.120. The molecular formula is C23H40N2O3. The Bertz CT molecular complexity index is 573. The second kappa shape index (κ2) is 10.1. The van der Waals surface area contributed by atoms with Crippen LogP contribution in [0.1, 0.15) is 46.6 Å². The smallest absolute Gasteiger partial charge is 0.119 e. The third-order valence-corrected chi connectivity index (χ3v) is 5.40. The third-order valence-electron chi connectivity index (χ3n) is 5.40. The first-order chi connectivity index (χ1) is 13.1. The molecule has 28 heavy (non-hydrogen) atoms. The van der Waals surface area contributed by atoms with E-state index in [1.54, 1.807) is 0 Å². The van der Waals surface area contributed by atoms with Crippen LogP contribution in [-0.2, 0) is 5.41 Å². The van der Waals surface area contributed by atoms with Crippen molar-refractivity contribution in [1.82, 2.24) is 9.80 Å². The van der Waals surface area contributed by atoms with E-state index in [1.807, 2.05) is 12.1 Å². The van der Waals surface area contributed by atoms with Crippen LogP contribution in [0, 0.1) is 5.41 Å². The number of nitrogens with zero attached hydrogens (tertiary/aromatic N) is 2. The van der Waals surface area contributed by atoms with Gasteiger partial charge in [-0.15, -0.1) is 0 Å². The van der Waals surface area contributed by atoms with E-state index < -0.39 is 6.10 Å². The molecule has 1 aromatic carbocycles. The van der Waals surface area contributed by atoms with Crippen LogP contribution in [0.2, 0.25) is 0 Å². The van der Waals surface area contributed by atoms with Crippen LogP contribution in [-0.4, -0.2) is 78.6 Å². The van der Waals surface area contributed by atoms with Crippen molar-refractivity contribution in [3.8, 4) is 5.75 Å². The van der Waals surface area contributed by atoms with Crippen LogP contribution in [0.4, 0.5) is 0 Å². The highest BCUT2D eigenvalue weighted by Crippen LogP contribution is 2.36. The Labute approximate surface area is 171 Å². The predicted octanol–water partition coefficient (Wildman–Crippen LogP) is 2.75. The number of benzene rings is 1. The molecule has 0 saturated carbocycles. The van der Waals surface area contributed by atoms with Gasteiger partial charge in [-0.05, 0) is 34.9 Å². The fraction of sp³-hybridized carbons (Fsp3) is 0.739. The number of aliphatic hydroxyl groups is 2. The monoisotopic (exact) mass is 392 g/mol. The number of ether oxygens (including phenoxy) is 1. The van der Waals surface area contributed by atoms with Gasteiger partial charge in [-0.2, -0.15) is 0 Å². The summed E-state index contributed by atoms with van der Waals surface area (Å²) < 4.78 is 5.82. The number of aliphatic hydroxyl groups excluding tert-OH is 2. The summed E-state index contributed by atoms with van der Waals surface area (Å²) in [5, 5.41) is 19.3. The predicted molar refractivity (Wildman–Crippen MR) is 115 cm³/mol. The molecule has 0 radical (unpaired) electrons. The molecule has 0 aliphatic carbocycles. The SMILES string of the molecule is CC(C)(C)CC(C)(C)c1ccc(OC[C@@H](O)CN2CCN(CCO)CC2)cc1. The Morgan fingerprint density at radius 1 is 0.964 bits per heavy atom. The molecule has 5 heteroatoms. The Balaban J connectivity index is 1.77. The highest BCUT2D eigenvalue weighted by molar-refractivity contribution is 5.31. The second-order valence-electron chi connectivity index (χ2n) is 9.98. The second-order valence-corrected chi connectivity index (χ2v) is 9.98. The minimum Gasteiger partial charge on any atom is -0.491 e. The van der Waals surface area contributed by atoms with Crippen molar-refractivity contribution in [3.63, 3.8) is 0 Å². The molecule has 1 fully saturated rings. The molecule has 160 valence electrons. The van der Waals surface area contributed by atoms with E-state index >= 15 is 0 Å². The van der Waals surface area contributed by atoms with Crippen molar-refractivity contribution < 1.29 is 14.9 Å². The Hall–Kier alpha value is -1.14. The zero-order chi connectivity index (χ0) is 20.8. The molecule has 1 aliphatic heterocycles. The summed E-state index contributed by atoms with van der Waals surface area (Å²) in [5.74, 6) is 0.808. The molecule has 0 aromatic heterocycles. The van der Waals surface area contributed by atoms with Crippen molar-refractivity contribution in [1.29, 1.82) is 0 Å². The summed E-state index contributed by atoms with van der Waals surface area (Å²) in [6.45, 7) is 17.0. The maximum Gasteiger partial charge on any atom is 0.119 e. The van der Waals surface area contributed by atoms with Crippen molar-refractivity contribution in [3.05, 3.63) is 29.8 Å². The van der Waals surface area contributed by atoms with E-state index in [4.69, 9.17) is 9.84 Å². The minimum atomic E-state index is -0.499. The molecule has 1 saturated heterocycles. The van der Waals surface area contributed by atoms with Crippen LogP contribution in [0.25, 0.3) is 0 Å². The van der Waals surface area contributed by atoms with Crippen molar-refractivity contribution >= 4 is 0 Å². The number of piperazine rings is 1. The molecule has 0 unspecified atom stereocenters. The highest BCUT2D eigenvalue weighted by Gasteiger charge is 2.27. The summed E-state index contributed by atoms with van der Waals surface area (Å²) in [7, 11) is 0. The molecule has 2 N–H and O–H groups in total. The fourth-order valence-corrected chi connectivity index (χ4v) is 4.31. The van der Waals surface area contributed by atoms with E-state index in [1.165, 1.54) is 5.56 Å². The third kappa shape index (κ3) is 7.70. The first kappa shape index (κ1) is 23.1. The van der Waals surface area contributed by atoms with Crippen LogP contribution in [0.3, 0.4) is 0 Å². The largest absolute Gasteiger partial charge is 0.491 e. The summed E-state index contributed by atoms with van der Waals surface area (Å²) in [4.78, 5) is 4.52. The van der Waals surface area contributed by atoms with E-state index in [-0.39, 0.29) is 17.4 Å². The van der Waals surface area contributed by atoms with E-state index in [9.17, 15) is 5.11 Å². The molecule has 0 amide bonds. The quantitative estimate of drug-likeness (QED) is 0.677. The van der Waals surface area contributed by atoms with E-state index in [0.29, 0.717) is 13.2 Å². The highest BCUT2D eigenvalue weighted by atomic mass is 16.5. The first-order valence-corrected chi connectivity index (χ1v) is 10.6. The Kier molecular flexibility index (Phi) is 8.31. The molecule has 0 bridgehead atoms. The molecule has 1 aliphatic rings. The maximum atomic E-state index is 10.3. The normalized spacial score (nSPS) is 18.2. The lowest BCUT2D eigenvalue weighted by Gasteiger charge is -2.35. The zero-order valence-electron chi connectivity index (χ0n) is 18.4. The van der Waals surface area contributed by atoms with Gasteiger partial charge in [0.25, 0.3) is 0 Å². The lowest BCUT2D eigenvalue weighted by atomic mass is 9.72. The molecule has 1 atom stereocenters. The van der Waals surface area contributed by atoms with Gasteiger partial charge in [0, 0.05) is 39.3 Å². The van der Waals surface area contributed by atoms with E-state index in [2.05, 4.69) is 56.6 Å². The average molecular weight is 393 g/mol. The molecule has 5 nitrogen and oxygen atoms in total. The summed E-state index contributed by atoms with van der Waals surface area (Å²) in [6, 6.07) is 8.32.